The number of pyridine rings is 1. The van der Waals surface area contributed by atoms with Gasteiger partial charge in [-0.2, -0.15) is 0 Å². The Labute approximate surface area is 139 Å². The van der Waals surface area contributed by atoms with Crippen LogP contribution >= 0.6 is 12.4 Å². The molecule has 0 amide bonds. The Morgan fingerprint density at radius 1 is 1.52 bits per heavy atom. The quantitative estimate of drug-likeness (QED) is 0.380. The van der Waals surface area contributed by atoms with E-state index in [4.69, 9.17) is 20.8 Å². The van der Waals surface area contributed by atoms with E-state index < -0.39 is 6.04 Å². The number of nitrogens with one attached hydrogen (secondary N) is 2. The summed E-state index contributed by atoms with van der Waals surface area (Å²) in [5.74, 6) is 0.329. The molecule has 2 aromatic rings. The molecule has 0 fully saturated rings. The molecular weight excluding hydrogens is 318 g/mol. The summed E-state index contributed by atoms with van der Waals surface area (Å²) >= 11 is 0. The van der Waals surface area contributed by atoms with Crippen LogP contribution in [-0.4, -0.2) is 21.9 Å². The largest absolute Gasteiger partial charge is 0.469 e. The van der Waals surface area contributed by atoms with E-state index in [9.17, 15) is 0 Å². The lowest BCUT2D eigenvalue weighted by Crippen LogP contribution is -2.34. The maximum atomic E-state index is 8.91. The van der Waals surface area contributed by atoms with E-state index in [0.717, 1.165) is 16.8 Å². The van der Waals surface area contributed by atoms with E-state index >= 15 is 0 Å². The van der Waals surface area contributed by atoms with Gasteiger partial charge >= 0.3 is 0 Å². The van der Waals surface area contributed by atoms with Gasteiger partial charge < -0.3 is 15.6 Å². The van der Waals surface area contributed by atoms with Crippen LogP contribution in [0, 0.1) is 12.3 Å². The molecule has 3 rings (SSSR count). The molecule has 5 N–H and O–H groups in total. The van der Waals surface area contributed by atoms with E-state index in [1.54, 1.807) is 18.5 Å². The molecule has 2 unspecified atom stereocenters. The van der Waals surface area contributed by atoms with Crippen molar-refractivity contribution in [2.24, 2.45) is 10.7 Å². The molecule has 2 heterocycles. The molecule has 2 aromatic heterocycles. The van der Waals surface area contributed by atoms with Crippen molar-refractivity contribution in [2.45, 2.75) is 25.3 Å². The molecule has 122 valence electrons. The van der Waals surface area contributed by atoms with Crippen molar-refractivity contribution in [1.29, 1.82) is 5.41 Å². The van der Waals surface area contributed by atoms with E-state index in [2.05, 4.69) is 9.98 Å². The first-order valence-electron chi connectivity index (χ1n) is 6.91. The monoisotopic (exact) mass is 335 g/mol. The number of aromatic nitrogens is 1. The fourth-order valence-corrected chi connectivity index (χ4v) is 2.86. The zero-order chi connectivity index (χ0) is 15.7. The highest BCUT2D eigenvalue weighted by molar-refractivity contribution is 5.97. The van der Waals surface area contributed by atoms with Crippen molar-refractivity contribution < 1.29 is 9.62 Å². The summed E-state index contributed by atoms with van der Waals surface area (Å²) in [5.41, 5.74) is 10.5. The Kier molecular flexibility index (Phi) is 5.02. The number of aliphatic imine (C=N–C) groups is 1. The van der Waals surface area contributed by atoms with Gasteiger partial charge in [0.2, 0.25) is 5.96 Å². The van der Waals surface area contributed by atoms with Crippen molar-refractivity contribution in [3.8, 4) is 0 Å². The Balaban J connectivity index is 0.00000192. The number of hydrogen-bond donors (Lipinski definition) is 4. The first kappa shape index (κ1) is 17.0. The van der Waals surface area contributed by atoms with Crippen molar-refractivity contribution in [1.82, 2.24) is 10.5 Å². The molecule has 2 atom stereocenters. The molecule has 7 nitrogen and oxygen atoms in total. The molecule has 0 radical (unpaired) electrons. The first-order chi connectivity index (χ1) is 10.6. The third-order valence-corrected chi connectivity index (χ3v) is 3.90. The van der Waals surface area contributed by atoms with Crippen LogP contribution < -0.4 is 11.2 Å². The van der Waals surface area contributed by atoms with Gasteiger partial charge in [-0.15, -0.1) is 12.4 Å². The fourth-order valence-electron chi connectivity index (χ4n) is 2.86. The van der Waals surface area contributed by atoms with Gasteiger partial charge in [-0.1, -0.05) is 0 Å². The van der Waals surface area contributed by atoms with Crippen molar-refractivity contribution in [3.63, 3.8) is 0 Å². The number of nitrogens with two attached hydrogens (primary N) is 1. The van der Waals surface area contributed by atoms with E-state index in [-0.39, 0.29) is 24.3 Å². The van der Waals surface area contributed by atoms with E-state index in [1.807, 2.05) is 24.5 Å². The summed E-state index contributed by atoms with van der Waals surface area (Å²) in [5, 5.41) is 17.4. The van der Waals surface area contributed by atoms with Crippen LogP contribution in [0.25, 0.3) is 0 Å². The molecule has 0 saturated heterocycles. The Bertz CT molecular complexity index is 729. The smallest absolute Gasteiger partial charge is 0.213 e. The zero-order valence-corrected chi connectivity index (χ0v) is 13.3. The van der Waals surface area contributed by atoms with Crippen molar-refractivity contribution >= 4 is 24.1 Å². The minimum Gasteiger partial charge on any atom is -0.469 e. The average molecular weight is 336 g/mol. The third kappa shape index (κ3) is 3.06. The predicted molar refractivity (Wildman–Crippen MR) is 88.4 cm³/mol. The van der Waals surface area contributed by atoms with E-state index in [1.165, 1.54) is 0 Å². The van der Waals surface area contributed by atoms with Crippen LogP contribution in [0.2, 0.25) is 0 Å². The normalized spacial score (nSPS) is 20.6. The lowest BCUT2D eigenvalue weighted by Gasteiger charge is -2.30. The van der Waals surface area contributed by atoms with Gasteiger partial charge in [0.15, 0.2) is 0 Å². The standard InChI is InChI=1S/C15H17N5O2.ClH/c1-8-4-5-18-10-7-9(11-3-2-6-22-11)13(16)14(12(8)10)19-15(17)20-21;/h2-6,9,14,16,21H,7H2,1H3,(H3,17,19,20);1H. The zero-order valence-electron chi connectivity index (χ0n) is 12.5. The predicted octanol–water partition coefficient (Wildman–Crippen LogP) is 2.10. The summed E-state index contributed by atoms with van der Waals surface area (Å²) in [6, 6.07) is 4.93. The Morgan fingerprint density at radius 2 is 2.30 bits per heavy atom. The SMILES string of the molecule is Cc1ccnc2c1C(N=C(N)NO)C(=N)C(c1ccco1)C2.Cl. The fraction of sp³-hybridized carbons (Fsp3) is 0.267. The number of furan rings is 1. The topological polar surface area (TPSA) is 121 Å². The summed E-state index contributed by atoms with van der Waals surface area (Å²) < 4.78 is 5.45. The molecule has 8 heteroatoms. The Hall–Kier alpha value is -2.38. The third-order valence-electron chi connectivity index (χ3n) is 3.90. The molecule has 1 aliphatic rings. The van der Waals surface area contributed by atoms with Crippen LogP contribution in [-0.2, 0) is 6.42 Å². The second-order valence-electron chi connectivity index (χ2n) is 5.24. The van der Waals surface area contributed by atoms with Crippen molar-refractivity contribution in [2.75, 3.05) is 0 Å². The highest BCUT2D eigenvalue weighted by Gasteiger charge is 2.36. The molecule has 0 spiro atoms. The van der Waals surface area contributed by atoms with Crippen LogP contribution in [0.3, 0.4) is 0 Å². The highest BCUT2D eigenvalue weighted by Crippen LogP contribution is 2.38. The number of nitrogens with zero attached hydrogens (tertiary/aromatic N) is 2. The van der Waals surface area contributed by atoms with Crippen LogP contribution in [0.4, 0.5) is 0 Å². The van der Waals surface area contributed by atoms with Gasteiger partial charge in [0.25, 0.3) is 0 Å². The number of fused-ring (bicyclic) bond motifs is 1. The maximum Gasteiger partial charge on any atom is 0.213 e. The molecule has 23 heavy (non-hydrogen) atoms. The first-order valence-corrected chi connectivity index (χ1v) is 6.91. The lowest BCUT2D eigenvalue weighted by atomic mass is 9.79. The number of halogens is 1. The van der Waals surface area contributed by atoms with Crippen LogP contribution in [0.15, 0.2) is 40.1 Å². The highest BCUT2D eigenvalue weighted by atomic mass is 35.5. The van der Waals surface area contributed by atoms with Crippen molar-refractivity contribution in [3.05, 3.63) is 53.2 Å². The average Bonchev–Trinajstić information content (AvgIpc) is 3.03. The van der Waals surface area contributed by atoms with Gasteiger partial charge in [0.1, 0.15) is 11.8 Å². The van der Waals surface area contributed by atoms with Gasteiger partial charge in [-0.05, 0) is 30.7 Å². The second-order valence-corrected chi connectivity index (χ2v) is 5.24. The molecular formula is C15H18ClN5O2. The number of rotatable bonds is 2. The molecule has 0 bridgehead atoms. The van der Waals surface area contributed by atoms with Gasteiger partial charge in [0.05, 0.1) is 12.2 Å². The summed E-state index contributed by atoms with van der Waals surface area (Å²) in [6.45, 7) is 1.95. The lowest BCUT2D eigenvalue weighted by molar-refractivity contribution is 0.232. The number of guanidine groups is 1. The summed E-state index contributed by atoms with van der Waals surface area (Å²) in [4.78, 5) is 8.65. The Morgan fingerprint density at radius 3 is 2.96 bits per heavy atom. The summed E-state index contributed by atoms with van der Waals surface area (Å²) in [7, 11) is 0. The molecule has 0 saturated carbocycles. The minimum absolute atomic E-state index is 0. The molecule has 1 aliphatic carbocycles. The second kappa shape index (κ2) is 6.80. The summed E-state index contributed by atoms with van der Waals surface area (Å²) in [6.07, 6.45) is 3.92. The molecule has 0 aromatic carbocycles. The number of aryl methyl sites for hydroxylation is 1. The van der Waals surface area contributed by atoms with Gasteiger partial charge in [-0.25, -0.2) is 10.5 Å². The number of hydroxylamine groups is 1. The van der Waals surface area contributed by atoms with Crippen LogP contribution in [0.5, 0.6) is 0 Å². The number of hydrogen-bond acceptors (Lipinski definition) is 5. The van der Waals surface area contributed by atoms with Gasteiger partial charge in [0, 0.05) is 29.6 Å². The maximum absolute atomic E-state index is 8.91. The van der Waals surface area contributed by atoms with E-state index in [0.29, 0.717) is 17.9 Å². The van der Waals surface area contributed by atoms with Gasteiger partial charge in [-0.3, -0.25) is 10.2 Å². The molecule has 0 aliphatic heterocycles. The minimum atomic E-state index is -0.591. The van der Waals surface area contributed by atoms with Crippen LogP contribution in [0.1, 0.15) is 34.5 Å².